The Morgan fingerprint density at radius 2 is 1.69 bits per heavy atom. The third-order valence-corrected chi connectivity index (χ3v) is 4.94. The number of nitrogens with zero attached hydrogens (tertiary/aromatic N) is 5. The molecule has 0 fully saturated rings. The molecule has 0 aliphatic rings. The van der Waals surface area contributed by atoms with Crippen LogP contribution in [0.15, 0.2) is 67.3 Å². The van der Waals surface area contributed by atoms with Crippen LogP contribution in [-0.2, 0) is 6.54 Å². The second-order valence-electron chi connectivity index (χ2n) is 6.86. The summed E-state index contributed by atoms with van der Waals surface area (Å²) in [6, 6.07) is 16.1. The van der Waals surface area contributed by atoms with Crippen LogP contribution in [0.3, 0.4) is 0 Å². The van der Waals surface area contributed by atoms with E-state index >= 15 is 0 Å². The molecular weight excluding hydrogens is 416 g/mol. The molecule has 0 spiro atoms. The Balaban J connectivity index is 1.81. The second-order valence-corrected chi connectivity index (χ2v) is 6.86. The van der Waals surface area contributed by atoms with Gasteiger partial charge in [-0.15, -0.1) is 10.2 Å². The molecule has 1 aromatic heterocycles. The number of phenolic OH excluding ortho intramolecular Hbond substituents is 1. The van der Waals surface area contributed by atoms with Gasteiger partial charge in [-0.25, -0.2) is 13.5 Å². The van der Waals surface area contributed by atoms with E-state index in [1.165, 1.54) is 17.3 Å². The van der Waals surface area contributed by atoms with Crippen molar-refractivity contribution in [1.29, 1.82) is 5.26 Å². The van der Waals surface area contributed by atoms with E-state index in [1.807, 2.05) is 12.1 Å². The molecule has 0 bridgehead atoms. The highest BCUT2D eigenvalue weighted by molar-refractivity contribution is 5.75. The molecule has 7 nitrogen and oxygen atoms in total. The number of ether oxygens (including phenoxy) is 1. The number of anilines is 1. The van der Waals surface area contributed by atoms with E-state index in [4.69, 9.17) is 4.74 Å². The van der Waals surface area contributed by atoms with Crippen LogP contribution in [0.5, 0.6) is 11.5 Å². The third-order valence-electron chi connectivity index (χ3n) is 4.94. The minimum atomic E-state index is -0.885. The zero-order valence-corrected chi connectivity index (χ0v) is 16.9. The molecule has 32 heavy (non-hydrogen) atoms. The van der Waals surface area contributed by atoms with Crippen LogP contribution in [-0.4, -0.2) is 27.1 Å². The van der Waals surface area contributed by atoms with Gasteiger partial charge in [0.05, 0.1) is 31.0 Å². The molecule has 0 saturated carbocycles. The standard InChI is InChI=1S/C23H17F2N5O2/c1-32-19-6-3-15(4-7-19)20-8-17(5-2-16(20)11-26)30(29-13-27-28-14-29)12-21-22(24)9-18(31)10-23(21)25/h2-10,13-14,31H,12H2,1H3. The lowest BCUT2D eigenvalue weighted by molar-refractivity contribution is 0.415. The summed E-state index contributed by atoms with van der Waals surface area (Å²) in [6.07, 6.45) is 2.78. The van der Waals surface area contributed by atoms with E-state index in [0.29, 0.717) is 22.6 Å². The maximum absolute atomic E-state index is 14.4. The molecule has 0 amide bonds. The predicted octanol–water partition coefficient (Wildman–Crippen LogP) is 4.28. The minimum absolute atomic E-state index is 0.218. The number of aromatic hydroxyl groups is 1. The van der Waals surface area contributed by atoms with Crippen LogP contribution in [0, 0.1) is 23.0 Å². The average Bonchev–Trinajstić information content (AvgIpc) is 3.33. The summed E-state index contributed by atoms with van der Waals surface area (Å²) in [5.41, 5.74) is 2.14. The highest BCUT2D eigenvalue weighted by Gasteiger charge is 2.19. The van der Waals surface area contributed by atoms with E-state index < -0.39 is 17.4 Å². The zero-order valence-electron chi connectivity index (χ0n) is 16.9. The molecule has 1 N–H and O–H groups in total. The summed E-state index contributed by atoms with van der Waals surface area (Å²) in [6.45, 7) is -0.218. The Morgan fingerprint density at radius 1 is 1.03 bits per heavy atom. The summed E-state index contributed by atoms with van der Waals surface area (Å²) in [5, 5.41) is 28.2. The predicted molar refractivity (Wildman–Crippen MR) is 113 cm³/mol. The number of nitriles is 1. The lowest BCUT2D eigenvalue weighted by atomic mass is 9.99. The van der Waals surface area contributed by atoms with Crippen molar-refractivity contribution < 1.29 is 18.6 Å². The third kappa shape index (κ3) is 4.06. The molecule has 3 aromatic carbocycles. The number of halogens is 2. The van der Waals surface area contributed by atoms with Crippen molar-refractivity contribution in [3.05, 3.63) is 90.0 Å². The highest BCUT2D eigenvalue weighted by Crippen LogP contribution is 2.31. The second kappa shape index (κ2) is 8.73. The van der Waals surface area contributed by atoms with Gasteiger partial charge in [0.25, 0.3) is 0 Å². The number of phenols is 1. The van der Waals surface area contributed by atoms with Crippen LogP contribution in [0.25, 0.3) is 11.1 Å². The molecule has 0 saturated heterocycles. The number of methoxy groups -OCH3 is 1. The van der Waals surface area contributed by atoms with Crippen molar-refractivity contribution in [2.75, 3.05) is 12.1 Å². The van der Waals surface area contributed by atoms with Crippen LogP contribution < -0.4 is 9.75 Å². The molecule has 0 atom stereocenters. The van der Waals surface area contributed by atoms with E-state index in [1.54, 1.807) is 42.5 Å². The van der Waals surface area contributed by atoms with E-state index in [0.717, 1.165) is 17.7 Å². The summed E-state index contributed by atoms with van der Waals surface area (Å²) < 4.78 is 35.6. The Bertz CT molecular complexity index is 1260. The van der Waals surface area contributed by atoms with Gasteiger partial charge in [-0.2, -0.15) is 5.26 Å². The molecular formula is C23H17F2N5O2. The van der Waals surface area contributed by atoms with Crippen molar-refractivity contribution in [2.45, 2.75) is 6.54 Å². The number of hydrogen-bond acceptors (Lipinski definition) is 6. The van der Waals surface area contributed by atoms with Gasteiger partial charge in [0.15, 0.2) is 0 Å². The highest BCUT2D eigenvalue weighted by atomic mass is 19.1. The molecule has 0 unspecified atom stereocenters. The first-order valence-electron chi connectivity index (χ1n) is 9.48. The van der Waals surface area contributed by atoms with Gasteiger partial charge in [-0.1, -0.05) is 12.1 Å². The molecule has 1 heterocycles. The summed E-state index contributed by atoms with van der Waals surface area (Å²) >= 11 is 0. The van der Waals surface area contributed by atoms with Gasteiger partial charge in [0.1, 0.15) is 35.8 Å². The lowest BCUT2D eigenvalue weighted by Gasteiger charge is -2.26. The molecule has 0 radical (unpaired) electrons. The maximum atomic E-state index is 14.4. The van der Waals surface area contributed by atoms with E-state index in [-0.39, 0.29) is 12.1 Å². The molecule has 0 aliphatic heterocycles. The van der Waals surface area contributed by atoms with Gasteiger partial charge >= 0.3 is 0 Å². The van der Waals surface area contributed by atoms with Gasteiger partial charge < -0.3 is 9.84 Å². The first kappa shape index (κ1) is 20.8. The van der Waals surface area contributed by atoms with Crippen molar-refractivity contribution in [3.8, 4) is 28.7 Å². The number of rotatable bonds is 6. The topological polar surface area (TPSA) is 87.2 Å². The zero-order chi connectivity index (χ0) is 22.7. The van der Waals surface area contributed by atoms with Gasteiger partial charge in [0, 0.05) is 23.3 Å². The molecule has 9 heteroatoms. The van der Waals surface area contributed by atoms with Crippen LogP contribution in [0.1, 0.15) is 11.1 Å². The van der Waals surface area contributed by atoms with Gasteiger partial charge in [0.2, 0.25) is 0 Å². The van der Waals surface area contributed by atoms with Crippen molar-refractivity contribution in [3.63, 3.8) is 0 Å². The molecule has 0 aliphatic carbocycles. The SMILES string of the molecule is COc1ccc(-c2cc(N(Cc3c(F)cc(O)cc3F)n3cnnc3)ccc2C#N)cc1. The van der Waals surface area contributed by atoms with Gasteiger partial charge in [-0.05, 0) is 35.9 Å². The van der Waals surface area contributed by atoms with Gasteiger partial charge in [-0.3, -0.25) is 5.01 Å². The molecule has 4 aromatic rings. The Kier molecular flexibility index (Phi) is 5.68. The molecule has 160 valence electrons. The van der Waals surface area contributed by atoms with E-state index in [9.17, 15) is 19.1 Å². The van der Waals surface area contributed by atoms with Crippen LogP contribution in [0.2, 0.25) is 0 Å². The maximum Gasteiger partial charge on any atom is 0.139 e. The fraction of sp³-hybridized carbons (Fsp3) is 0.0870. The number of hydrogen-bond donors (Lipinski definition) is 1. The first-order chi connectivity index (χ1) is 15.5. The minimum Gasteiger partial charge on any atom is -0.508 e. The van der Waals surface area contributed by atoms with Crippen LogP contribution in [0.4, 0.5) is 14.5 Å². The van der Waals surface area contributed by atoms with Crippen molar-refractivity contribution in [2.24, 2.45) is 0 Å². The quantitative estimate of drug-likeness (QED) is 0.488. The Hall–Kier alpha value is -4.45. The monoisotopic (exact) mass is 433 g/mol. The molecule has 4 rings (SSSR count). The Labute approximate surface area is 182 Å². The summed E-state index contributed by atoms with van der Waals surface area (Å²) in [4.78, 5) is 0. The van der Waals surface area contributed by atoms with E-state index in [2.05, 4.69) is 16.3 Å². The normalized spacial score (nSPS) is 10.6. The van der Waals surface area contributed by atoms with Crippen LogP contribution >= 0.6 is 0 Å². The largest absolute Gasteiger partial charge is 0.508 e. The van der Waals surface area contributed by atoms with Crippen molar-refractivity contribution >= 4 is 5.69 Å². The lowest BCUT2D eigenvalue weighted by Crippen LogP contribution is -2.29. The summed E-state index contributed by atoms with van der Waals surface area (Å²) in [7, 11) is 1.56. The first-order valence-corrected chi connectivity index (χ1v) is 9.48. The summed E-state index contributed by atoms with van der Waals surface area (Å²) in [5.74, 6) is -1.60. The average molecular weight is 433 g/mol. The smallest absolute Gasteiger partial charge is 0.139 e. The fourth-order valence-electron chi connectivity index (χ4n) is 3.32. The Morgan fingerprint density at radius 3 is 2.28 bits per heavy atom. The fourth-order valence-corrected chi connectivity index (χ4v) is 3.32. The van der Waals surface area contributed by atoms with Crippen molar-refractivity contribution in [1.82, 2.24) is 14.9 Å². The number of benzene rings is 3. The number of aromatic nitrogens is 3.